The molecule has 0 bridgehead atoms. The lowest BCUT2D eigenvalue weighted by Crippen LogP contribution is -2.43. The Bertz CT molecular complexity index is 1140. The molecule has 33 heavy (non-hydrogen) atoms. The Morgan fingerprint density at radius 3 is 2.45 bits per heavy atom. The van der Waals surface area contributed by atoms with E-state index in [2.05, 4.69) is 10.0 Å². The van der Waals surface area contributed by atoms with Gasteiger partial charge in [0.05, 0.1) is 7.11 Å². The summed E-state index contributed by atoms with van der Waals surface area (Å²) in [6, 6.07) is 9.13. The van der Waals surface area contributed by atoms with Crippen molar-refractivity contribution in [1.82, 2.24) is 14.9 Å². The highest BCUT2D eigenvalue weighted by atomic mass is 32.2. The van der Waals surface area contributed by atoms with E-state index in [4.69, 9.17) is 4.74 Å². The van der Waals surface area contributed by atoms with Gasteiger partial charge in [0.2, 0.25) is 15.9 Å². The molecular weight excluding hydrogens is 449 g/mol. The Morgan fingerprint density at radius 2 is 1.85 bits per heavy atom. The van der Waals surface area contributed by atoms with Crippen LogP contribution in [0.3, 0.4) is 0 Å². The minimum absolute atomic E-state index is 0.111. The standard InChI is InChI=1S/C23H28FN3O5S/c1-15-4-5-16(12-19(15)24)14-26-22(28)17-8-10-27(11-9-17)23(29)18-6-7-20(32-3)21(13-18)33(30,31)25-2/h4-7,12-13,17,25H,8-11,14H2,1-3H3,(H,26,28). The maximum absolute atomic E-state index is 13.7. The second-order valence-corrected chi connectivity index (χ2v) is 9.80. The van der Waals surface area contributed by atoms with E-state index in [1.54, 1.807) is 24.0 Å². The molecule has 1 saturated heterocycles. The number of halogens is 1. The van der Waals surface area contributed by atoms with Crippen LogP contribution >= 0.6 is 0 Å². The average Bonchev–Trinajstić information content (AvgIpc) is 2.83. The molecule has 0 aliphatic carbocycles. The number of piperidine rings is 1. The summed E-state index contributed by atoms with van der Waals surface area (Å²) in [6.07, 6.45) is 0.968. The number of amides is 2. The zero-order valence-electron chi connectivity index (χ0n) is 18.9. The Balaban J connectivity index is 1.60. The fourth-order valence-corrected chi connectivity index (χ4v) is 4.66. The summed E-state index contributed by atoms with van der Waals surface area (Å²) in [6.45, 7) is 2.66. The summed E-state index contributed by atoms with van der Waals surface area (Å²) >= 11 is 0. The van der Waals surface area contributed by atoms with Crippen molar-refractivity contribution in [3.8, 4) is 5.75 Å². The second kappa shape index (κ2) is 10.3. The van der Waals surface area contributed by atoms with Crippen molar-refractivity contribution in [2.75, 3.05) is 27.2 Å². The molecule has 0 radical (unpaired) electrons. The van der Waals surface area contributed by atoms with Crippen molar-refractivity contribution in [3.05, 3.63) is 58.9 Å². The predicted molar refractivity (Wildman–Crippen MR) is 121 cm³/mol. The normalized spacial score (nSPS) is 14.7. The van der Waals surface area contributed by atoms with E-state index in [-0.39, 0.29) is 46.3 Å². The van der Waals surface area contributed by atoms with Crippen LogP contribution in [0, 0.1) is 18.7 Å². The van der Waals surface area contributed by atoms with Crippen LogP contribution in [-0.4, -0.2) is 52.4 Å². The number of ether oxygens (including phenoxy) is 1. The lowest BCUT2D eigenvalue weighted by molar-refractivity contribution is -0.126. The number of carbonyl (C=O) groups excluding carboxylic acids is 2. The van der Waals surface area contributed by atoms with E-state index in [9.17, 15) is 22.4 Å². The highest BCUT2D eigenvalue weighted by Crippen LogP contribution is 2.26. The van der Waals surface area contributed by atoms with Gasteiger partial charge in [-0.2, -0.15) is 0 Å². The summed E-state index contributed by atoms with van der Waals surface area (Å²) in [5.41, 5.74) is 1.47. The van der Waals surface area contributed by atoms with Crippen LogP contribution in [0.25, 0.3) is 0 Å². The van der Waals surface area contributed by atoms with E-state index in [0.717, 1.165) is 0 Å². The molecule has 2 aromatic rings. The van der Waals surface area contributed by atoms with Crippen molar-refractivity contribution >= 4 is 21.8 Å². The minimum atomic E-state index is -3.80. The molecule has 0 saturated carbocycles. The van der Waals surface area contributed by atoms with Gasteiger partial charge in [-0.05, 0) is 62.2 Å². The van der Waals surface area contributed by atoms with Crippen molar-refractivity contribution in [1.29, 1.82) is 0 Å². The van der Waals surface area contributed by atoms with Crippen LogP contribution in [0.5, 0.6) is 5.75 Å². The largest absolute Gasteiger partial charge is 0.495 e. The molecule has 1 aliphatic rings. The molecule has 1 fully saturated rings. The van der Waals surface area contributed by atoms with E-state index >= 15 is 0 Å². The third-order valence-electron chi connectivity index (χ3n) is 5.82. The molecule has 0 atom stereocenters. The molecule has 2 amide bonds. The quantitative estimate of drug-likeness (QED) is 0.636. The number of likely N-dealkylation sites (tertiary alicyclic amines) is 1. The molecule has 3 rings (SSSR count). The lowest BCUT2D eigenvalue weighted by atomic mass is 9.95. The molecule has 10 heteroatoms. The maximum atomic E-state index is 13.7. The van der Waals surface area contributed by atoms with Crippen LogP contribution < -0.4 is 14.8 Å². The van der Waals surface area contributed by atoms with E-state index in [0.29, 0.717) is 37.1 Å². The SMILES string of the molecule is CNS(=O)(=O)c1cc(C(=O)N2CCC(C(=O)NCc3ccc(C)c(F)c3)CC2)ccc1OC. The molecule has 0 unspecified atom stereocenters. The second-order valence-electron chi connectivity index (χ2n) is 7.94. The van der Waals surface area contributed by atoms with E-state index < -0.39 is 10.0 Å². The van der Waals surface area contributed by atoms with Crippen LogP contribution in [0.1, 0.15) is 34.3 Å². The van der Waals surface area contributed by atoms with Crippen LogP contribution in [0.4, 0.5) is 4.39 Å². The van der Waals surface area contributed by atoms with Gasteiger partial charge >= 0.3 is 0 Å². The first-order chi connectivity index (χ1) is 15.7. The Kier molecular flexibility index (Phi) is 7.70. The first kappa shape index (κ1) is 24.7. The first-order valence-corrected chi connectivity index (χ1v) is 12.1. The highest BCUT2D eigenvalue weighted by molar-refractivity contribution is 7.89. The fraction of sp³-hybridized carbons (Fsp3) is 0.391. The summed E-state index contributed by atoms with van der Waals surface area (Å²) < 4.78 is 45.6. The maximum Gasteiger partial charge on any atom is 0.253 e. The Labute approximate surface area is 193 Å². The third kappa shape index (κ3) is 5.69. The monoisotopic (exact) mass is 477 g/mol. The number of hydrogen-bond acceptors (Lipinski definition) is 5. The van der Waals surface area contributed by atoms with Crippen LogP contribution in [0.2, 0.25) is 0 Å². The van der Waals surface area contributed by atoms with Gasteiger partial charge in [0, 0.05) is 31.1 Å². The fourth-order valence-electron chi connectivity index (χ4n) is 3.74. The number of sulfonamides is 1. The molecule has 0 spiro atoms. The number of methoxy groups -OCH3 is 1. The molecule has 2 N–H and O–H groups in total. The van der Waals surface area contributed by atoms with Gasteiger partial charge in [-0.3, -0.25) is 9.59 Å². The molecule has 0 aromatic heterocycles. The van der Waals surface area contributed by atoms with Crippen molar-refractivity contribution in [2.24, 2.45) is 5.92 Å². The lowest BCUT2D eigenvalue weighted by Gasteiger charge is -2.31. The topological polar surface area (TPSA) is 105 Å². The zero-order valence-corrected chi connectivity index (χ0v) is 19.7. The number of rotatable bonds is 7. The van der Waals surface area contributed by atoms with E-state index in [1.165, 1.54) is 38.4 Å². The predicted octanol–water partition coefficient (Wildman–Crippen LogP) is 2.22. The number of nitrogens with one attached hydrogen (secondary N) is 2. The summed E-state index contributed by atoms with van der Waals surface area (Å²) in [5, 5.41) is 2.84. The Morgan fingerprint density at radius 1 is 1.15 bits per heavy atom. The summed E-state index contributed by atoms with van der Waals surface area (Å²) in [4.78, 5) is 27.0. The molecule has 2 aromatic carbocycles. The van der Waals surface area contributed by atoms with Crippen LogP contribution in [0.15, 0.2) is 41.3 Å². The van der Waals surface area contributed by atoms with Gasteiger partial charge in [-0.25, -0.2) is 17.5 Å². The third-order valence-corrected chi connectivity index (χ3v) is 7.26. The van der Waals surface area contributed by atoms with Gasteiger partial charge in [-0.1, -0.05) is 12.1 Å². The smallest absolute Gasteiger partial charge is 0.253 e. The van der Waals surface area contributed by atoms with Gasteiger partial charge in [0.25, 0.3) is 5.91 Å². The summed E-state index contributed by atoms with van der Waals surface area (Å²) in [7, 11) is -1.16. The zero-order chi connectivity index (χ0) is 24.2. The minimum Gasteiger partial charge on any atom is -0.495 e. The molecule has 1 heterocycles. The van der Waals surface area contributed by atoms with Gasteiger partial charge in [0.15, 0.2) is 0 Å². The van der Waals surface area contributed by atoms with Crippen molar-refractivity contribution < 1.29 is 27.1 Å². The van der Waals surface area contributed by atoms with E-state index in [1.807, 2.05) is 0 Å². The Hall–Kier alpha value is -2.98. The van der Waals surface area contributed by atoms with Crippen LogP contribution in [-0.2, 0) is 21.4 Å². The first-order valence-electron chi connectivity index (χ1n) is 10.6. The van der Waals surface area contributed by atoms with Gasteiger partial charge in [-0.15, -0.1) is 0 Å². The summed E-state index contributed by atoms with van der Waals surface area (Å²) in [5.74, 6) is -0.850. The number of nitrogens with zero attached hydrogens (tertiary/aromatic N) is 1. The van der Waals surface area contributed by atoms with Crippen molar-refractivity contribution in [2.45, 2.75) is 31.2 Å². The molecule has 8 nitrogen and oxygen atoms in total. The number of carbonyl (C=O) groups is 2. The van der Waals surface area contributed by atoms with Crippen molar-refractivity contribution in [3.63, 3.8) is 0 Å². The van der Waals surface area contributed by atoms with Gasteiger partial charge < -0.3 is 15.0 Å². The van der Waals surface area contributed by atoms with Gasteiger partial charge in [0.1, 0.15) is 16.5 Å². The number of aryl methyl sites for hydroxylation is 1. The molecular formula is C23H28FN3O5S. The average molecular weight is 478 g/mol. The molecule has 1 aliphatic heterocycles. The number of hydrogen-bond donors (Lipinski definition) is 2. The molecule has 178 valence electrons. The highest BCUT2D eigenvalue weighted by Gasteiger charge is 2.29. The number of benzene rings is 2.